The molecule has 17 aromatic carbocycles. The number of ether oxygens (including phenoxy) is 1. The minimum atomic E-state index is -0.206. The van der Waals surface area contributed by atoms with E-state index in [1.165, 1.54) is 161 Å². The van der Waals surface area contributed by atoms with Crippen molar-refractivity contribution in [3.63, 3.8) is 0 Å². The van der Waals surface area contributed by atoms with Crippen LogP contribution in [0.25, 0.3) is 182 Å². The van der Waals surface area contributed by atoms with Crippen LogP contribution in [0.4, 0.5) is 0 Å². The van der Waals surface area contributed by atoms with Crippen LogP contribution in [0.5, 0.6) is 5.75 Å². The summed E-state index contributed by atoms with van der Waals surface area (Å²) in [5.74, 6) is 1.16. The van der Waals surface area contributed by atoms with Crippen molar-refractivity contribution in [3.05, 3.63) is 431 Å². The number of rotatable bonds is 9. The van der Waals surface area contributed by atoms with Gasteiger partial charge in [-0.25, -0.2) is 0 Å². The lowest BCUT2D eigenvalue weighted by molar-refractivity contribution is 0.270. The minimum absolute atomic E-state index is 0.0476. The van der Waals surface area contributed by atoms with Crippen molar-refractivity contribution >= 4 is 76.4 Å². The molecule has 2 aromatic heterocycles. The first-order valence-corrected chi connectivity index (χ1v) is 45.0. The van der Waals surface area contributed by atoms with E-state index in [0.717, 1.165) is 88.6 Å². The monoisotopic (exact) mass is 1610 g/mol. The van der Waals surface area contributed by atoms with Gasteiger partial charge in [-0.2, -0.15) is 0 Å². The fourth-order valence-electron chi connectivity index (χ4n) is 24.5. The number of hydrogen-bond acceptors (Lipinski definition) is 2. The molecule has 0 bridgehead atoms. The molecular weight excluding hydrogens is 1520 g/mol. The first-order chi connectivity index (χ1) is 61.3. The molecule has 0 N–H and O–H groups in total. The topological polar surface area (TPSA) is 27.3 Å². The van der Waals surface area contributed by atoms with Crippen LogP contribution in [0.15, 0.2) is 375 Å². The summed E-state index contributed by atoms with van der Waals surface area (Å²) in [5, 5.41) is 9.39. The molecule has 3 heteroatoms. The number of fused-ring (bicyclic) bond motifs is 23. The highest BCUT2D eigenvalue weighted by molar-refractivity contribution is 6.22. The number of hydrogen-bond donors (Lipinski definition) is 0. The SMILES string of the molecule is CC1(C)c2ccccc2-c2ccc(C3=CC4c5cc(-c6ccc7c(c6)C(C)(C)c6ccccc6-7)cc(-c6ccc7c(c6)c6cc(-c8cc(-c9ccc%10c(c9)C(C)(C)c9ccccc9-%10)cc9c8oc8ccc(C%10=CC%11C(C)(C)c%12ccccc%12C%11(C)C=C%10)cc89)ccc6n7-c6ccc(-c7c8ccccc8c(-c8ccccc8)c8ccccc78)cc6)c5OC4C=C3)cc21. The van der Waals surface area contributed by atoms with Crippen molar-refractivity contribution in [3.8, 4) is 112 Å². The Balaban J connectivity index is 0.680. The molecule has 4 unspecified atom stereocenters. The Hall–Kier alpha value is -14.4. The molecule has 0 saturated carbocycles. The van der Waals surface area contributed by atoms with Gasteiger partial charge in [0.25, 0.3) is 0 Å². The van der Waals surface area contributed by atoms with Crippen molar-refractivity contribution in [2.24, 2.45) is 5.92 Å². The molecule has 19 aromatic rings. The maximum atomic E-state index is 7.55. The van der Waals surface area contributed by atoms with Crippen LogP contribution in [-0.2, 0) is 27.1 Å². The van der Waals surface area contributed by atoms with Gasteiger partial charge in [-0.05, 0) is 286 Å². The summed E-state index contributed by atoms with van der Waals surface area (Å²) < 4.78 is 17.5. The average molecular weight is 1620 g/mol. The van der Waals surface area contributed by atoms with Crippen molar-refractivity contribution in [1.29, 1.82) is 0 Å². The van der Waals surface area contributed by atoms with Crippen LogP contribution < -0.4 is 4.74 Å². The van der Waals surface area contributed by atoms with E-state index < -0.39 is 0 Å². The van der Waals surface area contributed by atoms with Gasteiger partial charge in [-0.1, -0.05) is 335 Å². The Labute approximate surface area is 735 Å². The largest absolute Gasteiger partial charge is 0.484 e. The van der Waals surface area contributed by atoms with Crippen LogP contribution in [0.2, 0.25) is 0 Å². The third-order valence-electron chi connectivity index (χ3n) is 30.9. The number of aromatic nitrogens is 1. The summed E-state index contributed by atoms with van der Waals surface area (Å²) in [6.45, 7) is 21.6. The zero-order valence-corrected chi connectivity index (χ0v) is 72.2. The van der Waals surface area contributed by atoms with E-state index in [2.05, 4.69) is 437 Å². The van der Waals surface area contributed by atoms with Crippen molar-refractivity contribution < 1.29 is 9.15 Å². The lowest BCUT2D eigenvalue weighted by atomic mass is 9.66. The van der Waals surface area contributed by atoms with E-state index in [1.54, 1.807) is 0 Å². The van der Waals surface area contributed by atoms with Gasteiger partial charge in [-0.3, -0.25) is 0 Å². The van der Waals surface area contributed by atoms with E-state index in [4.69, 9.17) is 9.15 Å². The highest BCUT2D eigenvalue weighted by atomic mass is 16.5. The summed E-state index contributed by atoms with van der Waals surface area (Å²) in [6, 6.07) is 127. The molecule has 0 amide bonds. The first-order valence-electron chi connectivity index (χ1n) is 45.0. The van der Waals surface area contributed by atoms with E-state index in [-0.39, 0.29) is 45.0 Å². The molecule has 26 rings (SSSR count). The van der Waals surface area contributed by atoms with Gasteiger partial charge >= 0.3 is 0 Å². The van der Waals surface area contributed by atoms with E-state index in [1.807, 2.05) is 0 Å². The second kappa shape index (κ2) is 26.1. The zero-order valence-electron chi connectivity index (χ0n) is 72.2. The molecule has 6 aliphatic carbocycles. The van der Waals surface area contributed by atoms with Crippen molar-refractivity contribution in [2.75, 3.05) is 0 Å². The maximum absolute atomic E-state index is 7.55. The highest BCUT2D eigenvalue weighted by Crippen LogP contribution is 2.61. The van der Waals surface area contributed by atoms with Crippen LogP contribution in [-0.4, -0.2) is 10.7 Å². The summed E-state index contributed by atoms with van der Waals surface area (Å²) in [5.41, 5.74) is 43.2. The van der Waals surface area contributed by atoms with Crippen LogP contribution in [0.1, 0.15) is 129 Å². The Bertz CT molecular complexity index is 8140. The van der Waals surface area contributed by atoms with Crippen LogP contribution in [0, 0.1) is 5.92 Å². The maximum Gasteiger partial charge on any atom is 0.143 e. The molecule has 0 fully saturated rings. The number of furan rings is 1. The summed E-state index contributed by atoms with van der Waals surface area (Å²) in [6.07, 6.45) is 14.4. The van der Waals surface area contributed by atoms with Gasteiger partial charge in [-0.15, -0.1) is 0 Å². The molecule has 4 atom stereocenters. The Morgan fingerprint density at radius 1 is 0.286 bits per heavy atom. The number of nitrogens with zero attached hydrogens (tertiary/aromatic N) is 1. The molecule has 0 radical (unpaired) electrons. The number of allylic oxidation sites excluding steroid dienone is 6. The first kappa shape index (κ1) is 73.2. The Morgan fingerprint density at radius 2 is 0.714 bits per heavy atom. The molecule has 0 saturated heterocycles. The van der Waals surface area contributed by atoms with Gasteiger partial charge in [0.05, 0.1) is 11.0 Å². The predicted octanol–water partition coefficient (Wildman–Crippen LogP) is 32.2. The van der Waals surface area contributed by atoms with Gasteiger partial charge in [0, 0.05) is 71.5 Å². The third-order valence-corrected chi connectivity index (χ3v) is 30.9. The second-order valence-corrected chi connectivity index (χ2v) is 39.1. The summed E-state index contributed by atoms with van der Waals surface area (Å²) in [4.78, 5) is 0. The Kier molecular flexibility index (Phi) is 15.2. The van der Waals surface area contributed by atoms with Crippen molar-refractivity contribution in [1.82, 2.24) is 4.57 Å². The molecule has 600 valence electrons. The van der Waals surface area contributed by atoms with E-state index >= 15 is 0 Å². The van der Waals surface area contributed by atoms with E-state index in [0.29, 0.717) is 0 Å². The lowest BCUT2D eigenvalue weighted by Crippen LogP contribution is -2.34. The zero-order chi connectivity index (χ0) is 84.3. The molecule has 1 aliphatic heterocycles. The smallest absolute Gasteiger partial charge is 0.143 e. The number of benzene rings is 17. The molecule has 126 heavy (non-hydrogen) atoms. The second-order valence-electron chi connectivity index (χ2n) is 39.1. The molecule has 3 heterocycles. The average Bonchev–Trinajstić information content (AvgIpc) is 1.54. The van der Waals surface area contributed by atoms with Crippen LogP contribution >= 0.6 is 0 Å². The van der Waals surface area contributed by atoms with Gasteiger partial charge in [0.15, 0.2) is 0 Å². The minimum Gasteiger partial charge on any atom is -0.484 e. The molecule has 3 nitrogen and oxygen atoms in total. The normalized spacial score (nSPS) is 18.7. The fraction of sp³-hybridized carbons (Fsp3) is 0.138. The Morgan fingerprint density at radius 3 is 1.29 bits per heavy atom. The standard InChI is InChI=1S/C123H91NO2/c1-119(2)102-34-20-17-27-84(102)87-50-41-75(67-107(87)119)73-46-55-112-98(59-73)100-65-81(76-42-51-88-85-28-18-21-35-103(85)120(3,4)108(88)68-76)63-94(117(100)125-112)79-44-53-110-96(61-79)97-62-80(45-54-111(97)124(110)83-48-39-72(40-49-83)116-92-32-15-13-30-90(92)115(71-25-11-10-12-26-71)91-31-14-16-33-93(91)116)95-64-82(77-43-52-89-86-29-19-22-36-104(86)121(5,6)109(89)69-77)66-101-99-60-74(47-56-113(99)126-118(95)101)78-57-58-123(9)106-38-24-23-37-105(106)122(7,8)114(123)70-78/h10-70,98,112,114H,1-9H3. The van der Waals surface area contributed by atoms with E-state index in [9.17, 15) is 0 Å². The lowest BCUT2D eigenvalue weighted by Gasteiger charge is -2.37. The summed E-state index contributed by atoms with van der Waals surface area (Å²) >= 11 is 0. The third kappa shape index (κ3) is 10.3. The quantitative estimate of drug-likeness (QED) is 0.135. The van der Waals surface area contributed by atoms with Crippen LogP contribution in [0.3, 0.4) is 0 Å². The van der Waals surface area contributed by atoms with Gasteiger partial charge in [0.2, 0.25) is 0 Å². The molecular formula is C123H91NO2. The van der Waals surface area contributed by atoms with Crippen molar-refractivity contribution in [2.45, 2.75) is 101 Å². The highest BCUT2D eigenvalue weighted by Gasteiger charge is 2.52. The predicted molar refractivity (Wildman–Crippen MR) is 527 cm³/mol. The molecule has 0 spiro atoms. The van der Waals surface area contributed by atoms with Gasteiger partial charge in [0.1, 0.15) is 23.0 Å². The van der Waals surface area contributed by atoms with Gasteiger partial charge < -0.3 is 13.7 Å². The molecule has 7 aliphatic rings. The fourth-order valence-corrected chi connectivity index (χ4v) is 24.5. The summed E-state index contributed by atoms with van der Waals surface area (Å²) in [7, 11) is 0.